The number of aryl methyl sites for hydroxylation is 1. The third-order valence-corrected chi connectivity index (χ3v) is 5.80. The Labute approximate surface area is 188 Å². The van der Waals surface area contributed by atoms with Crippen LogP contribution in [-0.4, -0.2) is 73.4 Å². The fourth-order valence-electron chi connectivity index (χ4n) is 3.88. The minimum Gasteiger partial charge on any atom is -0.493 e. The van der Waals surface area contributed by atoms with Crippen LogP contribution in [0.15, 0.2) is 42.5 Å². The van der Waals surface area contributed by atoms with E-state index >= 15 is 0 Å². The zero-order valence-electron chi connectivity index (χ0n) is 18.0. The third-order valence-electron chi connectivity index (χ3n) is 5.46. The minimum absolute atomic E-state index is 0.170. The number of para-hydroxylation sites is 2. The van der Waals surface area contributed by atoms with Crippen LogP contribution in [0, 0.1) is 6.92 Å². The molecular weight excluding hydrogens is 418 g/mol. The van der Waals surface area contributed by atoms with Crippen molar-refractivity contribution < 1.29 is 19.4 Å². The van der Waals surface area contributed by atoms with Crippen LogP contribution in [0.5, 0.6) is 11.5 Å². The maximum absolute atomic E-state index is 12.2. The lowest BCUT2D eigenvalue weighted by atomic mass is 10.0. The van der Waals surface area contributed by atoms with Gasteiger partial charge in [-0.2, -0.15) is 0 Å². The van der Waals surface area contributed by atoms with Gasteiger partial charge < -0.3 is 20.3 Å². The highest BCUT2D eigenvalue weighted by molar-refractivity contribution is 6.31. The first-order chi connectivity index (χ1) is 14.9. The largest absolute Gasteiger partial charge is 0.493 e. The zero-order chi connectivity index (χ0) is 22.4. The van der Waals surface area contributed by atoms with Crippen molar-refractivity contribution in [1.82, 2.24) is 9.80 Å². The predicted molar refractivity (Wildman–Crippen MR) is 121 cm³/mol. The number of rotatable bonds is 9. The number of carbonyl (C=O) groups excluding carboxylic acids is 1. The van der Waals surface area contributed by atoms with Crippen molar-refractivity contribution in [3.63, 3.8) is 0 Å². The lowest BCUT2D eigenvalue weighted by Crippen LogP contribution is -2.52. The van der Waals surface area contributed by atoms with Crippen LogP contribution >= 0.6 is 11.6 Å². The quantitative estimate of drug-likeness (QED) is 0.613. The highest BCUT2D eigenvalue weighted by Crippen LogP contribution is 2.29. The van der Waals surface area contributed by atoms with Crippen molar-refractivity contribution in [3.05, 3.63) is 58.6 Å². The van der Waals surface area contributed by atoms with Gasteiger partial charge in [0.15, 0.2) is 11.5 Å². The number of hydrogen-bond donors (Lipinski definition) is 2. The van der Waals surface area contributed by atoms with Crippen molar-refractivity contribution in [1.29, 1.82) is 0 Å². The monoisotopic (exact) mass is 447 g/mol. The summed E-state index contributed by atoms with van der Waals surface area (Å²) in [5.41, 5.74) is 7.51. The Hall–Kier alpha value is -2.32. The van der Waals surface area contributed by atoms with E-state index < -0.39 is 18.1 Å². The molecule has 0 aliphatic carbocycles. The molecule has 0 bridgehead atoms. The molecule has 2 unspecified atom stereocenters. The number of nitrogens with zero attached hydrogens (tertiary/aromatic N) is 2. The fourth-order valence-corrected chi connectivity index (χ4v) is 4.10. The lowest BCUT2D eigenvalue weighted by molar-refractivity contribution is -0.124. The number of β-amino-alcohol motifs (C(OH)–C–C–N with tert-alkyl or cyclic N) is 1. The molecule has 1 saturated heterocycles. The van der Waals surface area contributed by atoms with E-state index in [1.165, 1.54) is 0 Å². The molecule has 0 radical (unpaired) electrons. The van der Waals surface area contributed by atoms with Crippen molar-refractivity contribution in [3.8, 4) is 11.5 Å². The van der Waals surface area contributed by atoms with E-state index in [0.717, 1.165) is 11.1 Å². The molecule has 2 aromatic carbocycles. The number of benzene rings is 2. The van der Waals surface area contributed by atoms with Crippen LogP contribution in [-0.2, 0) is 4.79 Å². The second kappa shape index (κ2) is 10.8. The molecule has 2 aromatic rings. The number of aliphatic hydroxyl groups excluding tert-OH is 1. The van der Waals surface area contributed by atoms with Gasteiger partial charge >= 0.3 is 0 Å². The zero-order valence-corrected chi connectivity index (χ0v) is 18.7. The van der Waals surface area contributed by atoms with E-state index in [-0.39, 0.29) is 6.61 Å². The summed E-state index contributed by atoms with van der Waals surface area (Å²) in [7, 11) is 1.58. The SMILES string of the molecule is COc1ccccc1OCC(O)CN1CCN(C(C(N)=O)c2cc(C)ccc2Cl)CC1. The molecule has 7 nitrogen and oxygen atoms in total. The van der Waals surface area contributed by atoms with E-state index in [2.05, 4.69) is 9.80 Å². The average molecular weight is 448 g/mol. The summed E-state index contributed by atoms with van der Waals surface area (Å²) in [6.45, 7) is 5.33. The molecule has 8 heteroatoms. The average Bonchev–Trinajstić information content (AvgIpc) is 2.76. The van der Waals surface area contributed by atoms with E-state index in [0.29, 0.717) is 49.2 Å². The van der Waals surface area contributed by atoms with Crippen LogP contribution < -0.4 is 15.2 Å². The van der Waals surface area contributed by atoms with Crippen molar-refractivity contribution in [2.45, 2.75) is 19.1 Å². The van der Waals surface area contributed by atoms with Crippen molar-refractivity contribution >= 4 is 17.5 Å². The number of primary amides is 1. The van der Waals surface area contributed by atoms with Crippen LogP contribution in [0.3, 0.4) is 0 Å². The number of methoxy groups -OCH3 is 1. The Kier molecular flexibility index (Phi) is 8.15. The molecule has 3 rings (SSSR count). The highest BCUT2D eigenvalue weighted by atomic mass is 35.5. The molecule has 0 saturated carbocycles. The van der Waals surface area contributed by atoms with Crippen molar-refractivity contribution in [2.75, 3.05) is 46.4 Å². The molecule has 3 N–H and O–H groups in total. The Morgan fingerprint density at radius 2 is 1.84 bits per heavy atom. The second-order valence-corrected chi connectivity index (χ2v) is 8.19. The number of amides is 1. The number of halogens is 1. The first-order valence-electron chi connectivity index (χ1n) is 10.3. The van der Waals surface area contributed by atoms with Crippen molar-refractivity contribution in [2.24, 2.45) is 5.73 Å². The lowest BCUT2D eigenvalue weighted by Gasteiger charge is -2.39. The van der Waals surface area contributed by atoms with Gasteiger partial charge in [-0.05, 0) is 30.7 Å². The van der Waals surface area contributed by atoms with E-state index in [9.17, 15) is 9.90 Å². The van der Waals surface area contributed by atoms with Crippen LogP contribution in [0.25, 0.3) is 0 Å². The molecule has 0 aromatic heterocycles. The topological polar surface area (TPSA) is 88.3 Å². The van der Waals surface area contributed by atoms with Crippen LogP contribution in [0.1, 0.15) is 17.2 Å². The van der Waals surface area contributed by atoms with Gasteiger partial charge in [-0.3, -0.25) is 14.6 Å². The first kappa shape index (κ1) is 23.3. The first-order valence-corrected chi connectivity index (χ1v) is 10.7. The maximum atomic E-state index is 12.2. The molecule has 1 aliphatic rings. The van der Waals surface area contributed by atoms with Gasteiger partial charge in [-0.15, -0.1) is 0 Å². The van der Waals surface area contributed by atoms with Crippen LogP contribution in [0.2, 0.25) is 5.02 Å². The number of hydrogen-bond acceptors (Lipinski definition) is 6. The van der Waals surface area contributed by atoms with Gasteiger partial charge in [0.1, 0.15) is 18.8 Å². The highest BCUT2D eigenvalue weighted by Gasteiger charge is 2.31. The standard InChI is InChI=1S/C23H30ClN3O4/c1-16-7-8-19(24)18(13-16)22(23(25)29)27-11-9-26(10-12-27)14-17(28)15-31-21-6-4-3-5-20(21)30-2/h3-8,13,17,22,28H,9-12,14-15H2,1-2H3,(H2,25,29). The molecule has 2 atom stereocenters. The number of carbonyl (C=O) groups is 1. The number of ether oxygens (including phenoxy) is 2. The minimum atomic E-state index is -0.644. The third kappa shape index (κ3) is 6.11. The maximum Gasteiger partial charge on any atom is 0.239 e. The van der Waals surface area contributed by atoms with Crippen LogP contribution in [0.4, 0.5) is 0 Å². The van der Waals surface area contributed by atoms with Gasteiger partial charge in [0.05, 0.1) is 7.11 Å². The summed E-state index contributed by atoms with van der Waals surface area (Å²) < 4.78 is 11.0. The van der Waals surface area contributed by atoms with E-state index in [4.69, 9.17) is 26.8 Å². The molecule has 0 spiro atoms. The van der Waals surface area contributed by atoms with Gasteiger partial charge in [0, 0.05) is 37.7 Å². The normalized spacial score (nSPS) is 17.2. The number of nitrogens with two attached hydrogens (primary N) is 1. The van der Waals surface area contributed by atoms with E-state index in [1.54, 1.807) is 13.2 Å². The summed E-state index contributed by atoms with van der Waals surface area (Å²) in [6, 6.07) is 12.4. The molecule has 1 fully saturated rings. The number of aliphatic hydroxyl groups is 1. The number of piperazine rings is 1. The Balaban J connectivity index is 1.53. The summed E-state index contributed by atoms with van der Waals surface area (Å²) in [6.07, 6.45) is -0.644. The van der Waals surface area contributed by atoms with Gasteiger partial charge in [0.25, 0.3) is 0 Å². The van der Waals surface area contributed by atoms with Gasteiger partial charge in [-0.25, -0.2) is 0 Å². The Morgan fingerprint density at radius 1 is 1.16 bits per heavy atom. The van der Waals surface area contributed by atoms with Gasteiger partial charge in [-0.1, -0.05) is 41.4 Å². The van der Waals surface area contributed by atoms with E-state index in [1.807, 2.05) is 43.3 Å². The summed E-state index contributed by atoms with van der Waals surface area (Å²) in [4.78, 5) is 16.4. The Morgan fingerprint density at radius 3 is 2.48 bits per heavy atom. The van der Waals surface area contributed by atoms with Gasteiger partial charge in [0.2, 0.25) is 5.91 Å². The molecular formula is C23H30ClN3O4. The molecule has 1 amide bonds. The second-order valence-electron chi connectivity index (χ2n) is 7.78. The predicted octanol–water partition coefficient (Wildman–Crippen LogP) is 2.24. The fraction of sp³-hybridized carbons (Fsp3) is 0.435. The smallest absolute Gasteiger partial charge is 0.239 e. The molecule has 1 aliphatic heterocycles. The summed E-state index contributed by atoms with van der Waals surface area (Å²) in [5, 5.41) is 11.0. The molecule has 168 valence electrons. The Bertz CT molecular complexity index is 887. The molecule has 31 heavy (non-hydrogen) atoms. The molecule has 1 heterocycles. The summed E-state index contributed by atoms with van der Waals surface area (Å²) in [5.74, 6) is 0.829. The summed E-state index contributed by atoms with van der Waals surface area (Å²) >= 11 is 6.36.